The molecule has 88 valence electrons. The summed E-state index contributed by atoms with van der Waals surface area (Å²) in [4.78, 5) is 2.39. The molecule has 0 saturated carbocycles. The van der Waals surface area contributed by atoms with E-state index in [9.17, 15) is 0 Å². The lowest BCUT2D eigenvalue weighted by atomic mass is 10.2. The van der Waals surface area contributed by atoms with E-state index in [-0.39, 0.29) is 0 Å². The molecule has 0 aliphatic carbocycles. The quantitative estimate of drug-likeness (QED) is 0.685. The number of benzene rings is 2. The smallest absolute Gasteiger partial charge is 0.0559 e. The van der Waals surface area contributed by atoms with E-state index >= 15 is 0 Å². The summed E-state index contributed by atoms with van der Waals surface area (Å²) in [6.07, 6.45) is 1.08. The maximum absolute atomic E-state index is 6.07. The largest absolute Gasteiger partial charge is 0.0900 e. The minimum atomic E-state index is 0.750. The Morgan fingerprint density at radius 2 is 1.71 bits per heavy atom. The van der Waals surface area contributed by atoms with Gasteiger partial charge in [0.25, 0.3) is 0 Å². The zero-order chi connectivity index (χ0) is 12.3. The molecule has 0 aromatic heterocycles. The van der Waals surface area contributed by atoms with Gasteiger partial charge in [-0.3, -0.25) is 0 Å². The Bertz CT molecular complexity index is 508. The molecule has 0 aliphatic rings. The van der Waals surface area contributed by atoms with Crippen molar-refractivity contribution < 1.29 is 0 Å². The molecule has 2 rings (SSSR count). The van der Waals surface area contributed by atoms with Crippen LogP contribution in [0.25, 0.3) is 0 Å². The molecule has 0 heterocycles. The van der Waals surface area contributed by atoms with Crippen LogP contribution in [-0.2, 0) is 6.42 Å². The van der Waals surface area contributed by atoms with Crippen molar-refractivity contribution in [1.29, 1.82) is 0 Å². The van der Waals surface area contributed by atoms with Gasteiger partial charge in [0.1, 0.15) is 0 Å². The van der Waals surface area contributed by atoms with Gasteiger partial charge in [-0.05, 0) is 58.2 Å². The van der Waals surface area contributed by atoms with Crippen molar-refractivity contribution in [3.05, 3.63) is 57.5 Å². The fourth-order valence-electron chi connectivity index (χ4n) is 1.47. The highest BCUT2D eigenvalue weighted by molar-refractivity contribution is 9.10. The first-order chi connectivity index (χ1) is 8.19. The van der Waals surface area contributed by atoms with Crippen LogP contribution in [0.3, 0.4) is 0 Å². The SMILES string of the molecule is CCc1ccc(Sc2ccc(Br)c(Cl)c2)cc1. The molecule has 0 amide bonds. The number of halogens is 2. The maximum atomic E-state index is 6.07. The van der Waals surface area contributed by atoms with Crippen LogP contribution in [0.2, 0.25) is 5.02 Å². The van der Waals surface area contributed by atoms with Gasteiger partial charge >= 0.3 is 0 Å². The standard InChI is InChI=1S/C14H12BrClS/c1-2-10-3-5-11(6-4-10)17-12-7-8-13(15)14(16)9-12/h3-9H,2H2,1H3. The Kier molecular flexibility index (Phi) is 4.55. The van der Waals surface area contributed by atoms with Gasteiger partial charge in [0.05, 0.1) is 5.02 Å². The molecular weight excluding hydrogens is 316 g/mol. The van der Waals surface area contributed by atoms with Gasteiger partial charge in [-0.15, -0.1) is 0 Å². The number of hydrogen-bond acceptors (Lipinski definition) is 1. The zero-order valence-corrected chi connectivity index (χ0v) is 12.6. The van der Waals surface area contributed by atoms with Crippen LogP contribution < -0.4 is 0 Å². The van der Waals surface area contributed by atoms with Gasteiger partial charge in [0, 0.05) is 14.3 Å². The molecule has 0 aliphatic heterocycles. The second-order valence-corrected chi connectivity index (χ2v) is 6.08. The number of rotatable bonds is 3. The Labute approximate surface area is 120 Å². The normalized spacial score (nSPS) is 10.5. The van der Waals surface area contributed by atoms with Crippen LogP contribution in [0.15, 0.2) is 56.7 Å². The van der Waals surface area contributed by atoms with Gasteiger partial charge in [0.15, 0.2) is 0 Å². The first-order valence-corrected chi connectivity index (χ1v) is 7.39. The van der Waals surface area contributed by atoms with E-state index in [0.29, 0.717) is 0 Å². The Morgan fingerprint density at radius 3 is 2.29 bits per heavy atom. The summed E-state index contributed by atoms with van der Waals surface area (Å²) in [6, 6.07) is 14.7. The van der Waals surface area contributed by atoms with Crippen molar-refractivity contribution >= 4 is 39.3 Å². The van der Waals surface area contributed by atoms with Crippen LogP contribution in [0.1, 0.15) is 12.5 Å². The molecule has 0 fully saturated rings. The molecule has 0 unspecified atom stereocenters. The zero-order valence-electron chi connectivity index (χ0n) is 9.41. The highest BCUT2D eigenvalue weighted by atomic mass is 79.9. The van der Waals surface area contributed by atoms with Crippen LogP contribution in [0, 0.1) is 0 Å². The van der Waals surface area contributed by atoms with Crippen molar-refractivity contribution in [2.45, 2.75) is 23.1 Å². The van der Waals surface area contributed by atoms with Crippen LogP contribution in [0.5, 0.6) is 0 Å². The van der Waals surface area contributed by atoms with E-state index in [0.717, 1.165) is 20.8 Å². The van der Waals surface area contributed by atoms with E-state index in [1.807, 2.05) is 12.1 Å². The summed E-state index contributed by atoms with van der Waals surface area (Å²) in [6.45, 7) is 2.16. The minimum Gasteiger partial charge on any atom is -0.0900 e. The van der Waals surface area contributed by atoms with E-state index in [1.54, 1.807) is 11.8 Å². The van der Waals surface area contributed by atoms with E-state index in [2.05, 4.69) is 53.2 Å². The third-order valence-corrected chi connectivity index (χ3v) is 4.69. The van der Waals surface area contributed by atoms with Crippen molar-refractivity contribution in [1.82, 2.24) is 0 Å². The average molecular weight is 328 g/mol. The average Bonchev–Trinajstić information content (AvgIpc) is 2.35. The van der Waals surface area contributed by atoms with Gasteiger partial charge < -0.3 is 0 Å². The lowest BCUT2D eigenvalue weighted by molar-refractivity contribution is 1.13. The molecule has 0 radical (unpaired) electrons. The Hall–Kier alpha value is -0.440. The first kappa shape index (κ1) is 13.0. The lowest BCUT2D eigenvalue weighted by Crippen LogP contribution is -1.79. The van der Waals surface area contributed by atoms with Crippen LogP contribution in [0.4, 0.5) is 0 Å². The molecule has 0 bridgehead atoms. The minimum absolute atomic E-state index is 0.750. The number of hydrogen-bond donors (Lipinski definition) is 0. The molecule has 0 nitrogen and oxygen atoms in total. The summed E-state index contributed by atoms with van der Waals surface area (Å²) >= 11 is 11.2. The molecule has 3 heteroatoms. The fourth-order valence-corrected chi connectivity index (χ4v) is 2.82. The van der Waals surface area contributed by atoms with Crippen LogP contribution >= 0.6 is 39.3 Å². The maximum Gasteiger partial charge on any atom is 0.0559 e. The van der Waals surface area contributed by atoms with Crippen molar-refractivity contribution in [3.63, 3.8) is 0 Å². The summed E-state index contributed by atoms with van der Waals surface area (Å²) in [5, 5.41) is 0.750. The molecular formula is C14H12BrClS. The third kappa shape index (κ3) is 3.51. The van der Waals surface area contributed by atoms with Crippen molar-refractivity contribution in [2.24, 2.45) is 0 Å². The topological polar surface area (TPSA) is 0 Å². The Balaban J connectivity index is 2.16. The second-order valence-electron chi connectivity index (χ2n) is 3.68. The molecule has 0 saturated heterocycles. The van der Waals surface area contributed by atoms with Gasteiger partial charge in [-0.25, -0.2) is 0 Å². The third-order valence-electron chi connectivity index (χ3n) is 2.46. The van der Waals surface area contributed by atoms with Gasteiger partial charge in [-0.2, -0.15) is 0 Å². The summed E-state index contributed by atoms with van der Waals surface area (Å²) < 4.78 is 0.935. The summed E-state index contributed by atoms with van der Waals surface area (Å²) in [5.74, 6) is 0. The van der Waals surface area contributed by atoms with Gasteiger partial charge in [0.2, 0.25) is 0 Å². The Morgan fingerprint density at radius 1 is 1.06 bits per heavy atom. The van der Waals surface area contributed by atoms with E-state index < -0.39 is 0 Å². The van der Waals surface area contributed by atoms with Crippen LogP contribution in [-0.4, -0.2) is 0 Å². The molecule has 2 aromatic carbocycles. The van der Waals surface area contributed by atoms with Crippen molar-refractivity contribution in [3.8, 4) is 0 Å². The fraction of sp³-hybridized carbons (Fsp3) is 0.143. The number of aryl methyl sites for hydroxylation is 1. The first-order valence-electron chi connectivity index (χ1n) is 5.41. The molecule has 2 aromatic rings. The monoisotopic (exact) mass is 326 g/mol. The predicted octanol–water partition coefficient (Wildman–Crippen LogP) is 5.82. The molecule has 0 atom stereocenters. The lowest BCUT2D eigenvalue weighted by Gasteiger charge is -2.04. The van der Waals surface area contributed by atoms with E-state index in [4.69, 9.17) is 11.6 Å². The predicted molar refractivity (Wildman–Crippen MR) is 79.1 cm³/mol. The molecule has 0 spiro atoms. The highest BCUT2D eigenvalue weighted by Crippen LogP contribution is 2.32. The van der Waals surface area contributed by atoms with Gasteiger partial charge in [-0.1, -0.05) is 42.4 Å². The molecule has 0 N–H and O–H groups in total. The summed E-state index contributed by atoms with van der Waals surface area (Å²) in [5.41, 5.74) is 1.36. The van der Waals surface area contributed by atoms with Crippen molar-refractivity contribution in [2.75, 3.05) is 0 Å². The highest BCUT2D eigenvalue weighted by Gasteiger charge is 2.01. The van der Waals surface area contributed by atoms with E-state index in [1.165, 1.54) is 10.5 Å². The molecule has 17 heavy (non-hydrogen) atoms. The second kappa shape index (κ2) is 5.94. The summed E-state index contributed by atoms with van der Waals surface area (Å²) in [7, 11) is 0.